The van der Waals surface area contributed by atoms with Gasteiger partial charge in [-0.1, -0.05) is 6.92 Å². The average molecular weight is 192 g/mol. The summed E-state index contributed by atoms with van der Waals surface area (Å²) in [7, 11) is 1.86. The van der Waals surface area contributed by atoms with E-state index in [1.807, 2.05) is 13.1 Å². The summed E-state index contributed by atoms with van der Waals surface area (Å²) >= 11 is 0. The predicted octanol–water partition coefficient (Wildman–Crippen LogP) is 1.87. The van der Waals surface area contributed by atoms with Gasteiger partial charge in [0.2, 0.25) is 0 Å². The number of anilines is 2. The molecule has 0 bridgehead atoms. The fourth-order valence-electron chi connectivity index (χ4n) is 1.55. The van der Waals surface area contributed by atoms with Crippen LogP contribution in [0.2, 0.25) is 0 Å². The Kier molecular flexibility index (Phi) is 2.27. The molecule has 1 aromatic heterocycles. The Morgan fingerprint density at radius 2 is 2.07 bits per heavy atom. The van der Waals surface area contributed by atoms with Crippen LogP contribution >= 0.6 is 0 Å². The number of aromatic nitrogens is 2. The first-order valence-electron chi connectivity index (χ1n) is 5.06. The van der Waals surface area contributed by atoms with Gasteiger partial charge in [-0.05, 0) is 19.3 Å². The van der Waals surface area contributed by atoms with Crippen LogP contribution in [0.25, 0.3) is 0 Å². The third-order valence-corrected chi connectivity index (χ3v) is 2.85. The van der Waals surface area contributed by atoms with Crippen LogP contribution < -0.4 is 10.6 Å². The lowest BCUT2D eigenvalue weighted by Gasteiger charge is -2.15. The first-order valence-corrected chi connectivity index (χ1v) is 5.06. The molecule has 0 aliphatic heterocycles. The topological polar surface area (TPSA) is 49.8 Å². The van der Waals surface area contributed by atoms with E-state index in [0.717, 1.165) is 18.1 Å². The van der Waals surface area contributed by atoms with Gasteiger partial charge in [0.25, 0.3) is 0 Å². The second kappa shape index (κ2) is 3.44. The minimum atomic E-state index is 0.319. The van der Waals surface area contributed by atoms with Crippen molar-refractivity contribution in [3.63, 3.8) is 0 Å². The highest BCUT2D eigenvalue weighted by Gasteiger charge is 2.40. The van der Waals surface area contributed by atoms with E-state index in [-0.39, 0.29) is 0 Å². The van der Waals surface area contributed by atoms with Crippen LogP contribution in [0.3, 0.4) is 0 Å². The highest BCUT2D eigenvalue weighted by molar-refractivity contribution is 5.48. The molecule has 1 aliphatic carbocycles. The second-order valence-corrected chi connectivity index (χ2v) is 3.80. The number of nitrogens with zero attached hydrogens (tertiary/aromatic N) is 2. The van der Waals surface area contributed by atoms with Crippen molar-refractivity contribution in [1.29, 1.82) is 0 Å². The molecule has 1 heterocycles. The van der Waals surface area contributed by atoms with E-state index in [4.69, 9.17) is 0 Å². The largest absolute Gasteiger partial charge is 0.373 e. The maximum Gasteiger partial charge on any atom is 0.131 e. The van der Waals surface area contributed by atoms with E-state index in [1.54, 1.807) is 6.33 Å². The SMILES string of the molecule is CCC1(Nc2cc(NC)ncn2)CC1. The van der Waals surface area contributed by atoms with E-state index in [9.17, 15) is 0 Å². The fourth-order valence-corrected chi connectivity index (χ4v) is 1.55. The Labute approximate surface area is 84.2 Å². The molecule has 0 atom stereocenters. The minimum absolute atomic E-state index is 0.319. The molecule has 0 unspecified atom stereocenters. The number of rotatable bonds is 4. The lowest BCUT2D eigenvalue weighted by molar-refractivity contribution is 0.697. The Hall–Kier alpha value is -1.32. The smallest absolute Gasteiger partial charge is 0.131 e. The molecule has 0 saturated heterocycles. The van der Waals surface area contributed by atoms with Crippen LogP contribution in [0.1, 0.15) is 26.2 Å². The molecule has 2 rings (SSSR count). The molecule has 1 aromatic rings. The molecule has 14 heavy (non-hydrogen) atoms. The molecule has 1 saturated carbocycles. The van der Waals surface area contributed by atoms with Crippen molar-refractivity contribution < 1.29 is 0 Å². The van der Waals surface area contributed by atoms with Crippen molar-refractivity contribution in [2.45, 2.75) is 31.7 Å². The molecular weight excluding hydrogens is 176 g/mol. The number of hydrogen-bond donors (Lipinski definition) is 2. The summed E-state index contributed by atoms with van der Waals surface area (Å²) in [5.41, 5.74) is 0.319. The van der Waals surface area contributed by atoms with Crippen molar-refractivity contribution in [1.82, 2.24) is 9.97 Å². The standard InChI is InChI=1S/C10H16N4/c1-3-10(4-5-10)14-9-6-8(11-2)12-7-13-9/h6-7H,3-5H2,1-2H3,(H2,11,12,13,14). The van der Waals surface area contributed by atoms with Crippen LogP contribution in [0.5, 0.6) is 0 Å². The van der Waals surface area contributed by atoms with E-state index in [0.29, 0.717) is 5.54 Å². The van der Waals surface area contributed by atoms with Gasteiger partial charge in [-0.25, -0.2) is 9.97 Å². The van der Waals surface area contributed by atoms with Crippen LogP contribution in [0.4, 0.5) is 11.6 Å². The zero-order valence-corrected chi connectivity index (χ0v) is 8.67. The van der Waals surface area contributed by atoms with Gasteiger partial charge in [-0.15, -0.1) is 0 Å². The minimum Gasteiger partial charge on any atom is -0.373 e. The van der Waals surface area contributed by atoms with Gasteiger partial charge in [0.15, 0.2) is 0 Å². The fraction of sp³-hybridized carbons (Fsp3) is 0.600. The molecule has 1 aliphatic rings. The quantitative estimate of drug-likeness (QED) is 0.764. The van der Waals surface area contributed by atoms with Crippen LogP contribution in [0, 0.1) is 0 Å². The average Bonchev–Trinajstić information content (AvgIpc) is 2.99. The Bertz CT molecular complexity index is 320. The van der Waals surface area contributed by atoms with Gasteiger partial charge in [0.05, 0.1) is 0 Å². The van der Waals surface area contributed by atoms with Crippen molar-refractivity contribution in [2.75, 3.05) is 17.7 Å². The second-order valence-electron chi connectivity index (χ2n) is 3.80. The lowest BCUT2D eigenvalue weighted by Crippen LogP contribution is -2.20. The first-order chi connectivity index (χ1) is 6.78. The van der Waals surface area contributed by atoms with E-state index < -0.39 is 0 Å². The zero-order valence-electron chi connectivity index (χ0n) is 8.67. The molecule has 76 valence electrons. The molecule has 2 N–H and O–H groups in total. The van der Waals surface area contributed by atoms with Crippen LogP contribution in [-0.2, 0) is 0 Å². The maximum absolute atomic E-state index is 4.20. The zero-order chi connectivity index (χ0) is 10.0. The molecule has 0 spiro atoms. The summed E-state index contributed by atoms with van der Waals surface area (Å²) in [6, 6.07) is 1.94. The van der Waals surface area contributed by atoms with Crippen molar-refractivity contribution in [2.24, 2.45) is 0 Å². The van der Waals surface area contributed by atoms with E-state index in [2.05, 4.69) is 27.5 Å². The number of nitrogens with one attached hydrogen (secondary N) is 2. The molecular formula is C10H16N4. The van der Waals surface area contributed by atoms with Gasteiger partial charge in [-0.2, -0.15) is 0 Å². The van der Waals surface area contributed by atoms with Gasteiger partial charge in [0.1, 0.15) is 18.0 Å². The predicted molar refractivity (Wildman–Crippen MR) is 57.5 cm³/mol. The maximum atomic E-state index is 4.20. The summed E-state index contributed by atoms with van der Waals surface area (Å²) in [6.07, 6.45) is 5.25. The van der Waals surface area contributed by atoms with Crippen molar-refractivity contribution in [3.8, 4) is 0 Å². The summed E-state index contributed by atoms with van der Waals surface area (Å²) in [5.74, 6) is 1.78. The van der Waals surface area contributed by atoms with Crippen LogP contribution in [-0.4, -0.2) is 22.6 Å². The van der Waals surface area contributed by atoms with Crippen LogP contribution in [0.15, 0.2) is 12.4 Å². The molecule has 0 radical (unpaired) electrons. The summed E-state index contributed by atoms with van der Waals surface area (Å²) < 4.78 is 0. The van der Waals surface area contributed by atoms with Gasteiger partial charge < -0.3 is 10.6 Å². The molecule has 4 nitrogen and oxygen atoms in total. The lowest BCUT2D eigenvalue weighted by atomic mass is 10.2. The molecule has 1 fully saturated rings. The van der Waals surface area contributed by atoms with Gasteiger partial charge in [0, 0.05) is 18.7 Å². The van der Waals surface area contributed by atoms with Crippen molar-refractivity contribution in [3.05, 3.63) is 12.4 Å². The summed E-state index contributed by atoms with van der Waals surface area (Å²) in [4.78, 5) is 8.27. The molecule has 0 amide bonds. The Balaban J connectivity index is 2.09. The Morgan fingerprint density at radius 3 is 2.64 bits per heavy atom. The van der Waals surface area contributed by atoms with Gasteiger partial charge in [-0.3, -0.25) is 0 Å². The third kappa shape index (κ3) is 1.78. The van der Waals surface area contributed by atoms with Crippen molar-refractivity contribution >= 4 is 11.6 Å². The highest BCUT2D eigenvalue weighted by Crippen LogP contribution is 2.41. The Morgan fingerprint density at radius 1 is 1.36 bits per heavy atom. The summed E-state index contributed by atoms with van der Waals surface area (Å²) in [6.45, 7) is 2.21. The van der Waals surface area contributed by atoms with E-state index in [1.165, 1.54) is 12.8 Å². The normalized spacial score (nSPS) is 17.6. The third-order valence-electron chi connectivity index (χ3n) is 2.85. The van der Waals surface area contributed by atoms with E-state index >= 15 is 0 Å². The number of hydrogen-bond acceptors (Lipinski definition) is 4. The monoisotopic (exact) mass is 192 g/mol. The van der Waals surface area contributed by atoms with Gasteiger partial charge >= 0.3 is 0 Å². The molecule has 4 heteroatoms. The summed E-state index contributed by atoms with van der Waals surface area (Å²) in [5, 5.41) is 6.46. The first kappa shape index (κ1) is 9.24. The molecule has 0 aromatic carbocycles. The highest BCUT2D eigenvalue weighted by atomic mass is 15.1.